The van der Waals surface area contributed by atoms with Crippen LogP contribution in [-0.4, -0.2) is 43.7 Å². The number of hydrogen-bond acceptors (Lipinski definition) is 4. The molecule has 31 heavy (non-hydrogen) atoms. The zero-order valence-corrected chi connectivity index (χ0v) is 18.6. The predicted octanol–water partition coefficient (Wildman–Crippen LogP) is 2.45. The number of hydrogen-bond donors (Lipinski definition) is 1. The van der Waals surface area contributed by atoms with Gasteiger partial charge in [-0.3, -0.25) is 14.5 Å². The number of fused-ring (bicyclic) bond motifs is 1. The fraction of sp³-hybridized carbons (Fsp3) is 0.364. The van der Waals surface area contributed by atoms with E-state index in [9.17, 15) is 22.4 Å². The number of sulfonamides is 1. The van der Waals surface area contributed by atoms with Gasteiger partial charge in [-0.2, -0.15) is 4.31 Å². The van der Waals surface area contributed by atoms with E-state index in [2.05, 4.69) is 5.32 Å². The Bertz CT molecular complexity index is 1100. The van der Waals surface area contributed by atoms with Crippen molar-refractivity contribution in [1.82, 2.24) is 9.62 Å². The fourth-order valence-electron chi connectivity index (χ4n) is 3.84. The van der Waals surface area contributed by atoms with Gasteiger partial charge in [0.05, 0.1) is 4.90 Å². The van der Waals surface area contributed by atoms with Crippen LogP contribution in [0.3, 0.4) is 0 Å². The lowest BCUT2D eigenvalue weighted by molar-refractivity contribution is -0.125. The van der Waals surface area contributed by atoms with E-state index in [-0.39, 0.29) is 23.8 Å². The van der Waals surface area contributed by atoms with E-state index in [0.29, 0.717) is 29.9 Å². The Labute approximate surface area is 181 Å². The summed E-state index contributed by atoms with van der Waals surface area (Å²) in [4.78, 5) is 26.6. The van der Waals surface area contributed by atoms with Gasteiger partial charge < -0.3 is 5.32 Å². The van der Waals surface area contributed by atoms with Crippen molar-refractivity contribution in [3.63, 3.8) is 0 Å². The van der Waals surface area contributed by atoms with Crippen LogP contribution in [0.5, 0.6) is 0 Å². The van der Waals surface area contributed by atoms with Crippen molar-refractivity contribution in [2.75, 3.05) is 18.0 Å². The molecule has 0 aliphatic carbocycles. The van der Waals surface area contributed by atoms with Crippen LogP contribution in [0.15, 0.2) is 47.4 Å². The Hall–Kier alpha value is -2.78. The lowest BCUT2D eigenvalue weighted by Gasteiger charge is -2.23. The first kappa shape index (κ1) is 22.9. The summed E-state index contributed by atoms with van der Waals surface area (Å²) in [6.07, 6.45) is 0.180. The second-order valence-corrected chi connectivity index (χ2v) is 9.24. The molecule has 0 saturated carbocycles. The molecule has 1 N–H and O–H groups in total. The van der Waals surface area contributed by atoms with Crippen LogP contribution in [0.1, 0.15) is 31.9 Å². The van der Waals surface area contributed by atoms with E-state index in [0.717, 1.165) is 0 Å². The van der Waals surface area contributed by atoms with Gasteiger partial charge in [-0.05, 0) is 29.8 Å². The monoisotopic (exact) mass is 447 g/mol. The maximum absolute atomic E-state index is 13.8. The third-order valence-corrected chi connectivity index (χ3v) is 7.48. The molecule has 2 aromatic carbocycles. The van der Waals surface area contributed by atoms with E-state index in [1.807, 2.05) is 0 Å². The maximum Gasteiger partial charge on any atom is 0.243 e. The van der Waals surface area contributed by atoms with Gasteiger partial charge in [0, 0.05) is 44.2 Å². The van der Waals surface area contributed by atoms with Gasteiger partial charge in [-0.1, -0.05) is 32.0 Å². The number of halogens is 1. The molecule has 1 heterocycles. The molecule has 0 fully saturated rings. The van der Waals surface area contributed by atoms with Gasteiger partial charge in [0.25, 0.3) is 0 Å². The summed E-state index contributed by atoms with van der Waals surface area (Å²) in [6, 6.07) is 9.86. The van der Waals surface area contributed by atoms with E-state index >= 15 is 0 Å². The molecule has 166 valence electrons. The molecular weight excluding hydrogens is 421 g/mol. The van der Waals surface area contributed by atoms with Crippen LogP contribution >= 0.6 is 0 Å². The minimum Gasteiger partial charge on any atom is -0.350 e. The second kappa shape index (κ2) is 9.15. The molecular formula is C22H26FN3O4S. The molecule has 7 nitrogen and oxygen atoms in total. The van der Waals surface area contributed by atoms with Crippen molar-refractivity contribution in [2.45, 2.75) is 44.7 Å². The molecule has 0 radical (unpaired) electrons. The van der Waals surface area contributed by atoms with Crippen molar-refractivity contribution in [2.24, 2.45) is 0 Å². The van der Waals surface area contributed by atoms with Gasteiger partial charge in [0.15, 0.2) is 0 Å². The zero-order valence-electron chi connectivity index (χ0n) is 17.8. The number of carbonyl (C=O) groups excluding carboxylic acids is 2. The summed E-state index contributed by atoms with van der Waals surface area (Å²) in [5, 5.41) is 2.68. The summed E-state index contributed by atoms with van der Waals surface area (Å²) in [5.74, 6) is -1.18. The Morgan fingerprint density at radius 1 is 1.16 bits per heavy atom. The van der Waals surface area contributed by atoms with Crippen LogP contribution in [0.25, 0.3) is 0 Å². The number of benzene rings is 2. The first-order valence-electron chi connectivity index (χ1n) is 10.1. The quantitative estimate of drug-likeness (QED) is 0.706. The molecule has 0 bridgehead atoms. The number of carbonyl (C=O) groups is 2. The summed E-state index contributed by atoms with van der Waals surface area (Å²) >= 11 is 0. The average Bonchev–Trinajstić information content (AvgIpc) is 3.13. The minimum atomic E-state index is -3.66. The number of rotatable bonds is 7. The molecule has 1 atom stereocenters. The number of anilines is 1. The lowest BCUT2D eigenvalue weighted by atomic mass is 10.1. The standard InChI is InChI=1S/C22H26FN3O4S/c1-4-25(5-2)31(29,30)18-10-11-20-17(12-18)13-21(26(20)15(3)27)22(28)24-14-16-8-6-7-9-19(16)23/h6-12,21H,4-5,13-14H2,1-3H3,(H,24,28). The average molecular weight is 448 g/mol. The topological polar surface area (TPSA) is 86.8 Å². The Morgan fingerprint density at radius 2 is 1.84 bits per heavy atom. The summed E-state index contributed by atoms with van der Waals surface area (Å²) in [7, 11) is -3.66. The molecule has 1 aliphatic rings. The summed E-state index contributed by atoms with van der Waals surface area (Å²) in [5.41, 5.74) is 1.46. The van der Waals surface area contributed by atoms with E-state index in [1.54, 1.807) is 38.1 Å². The van der Waals surface area contributed by atoms with Crippen molar-refractivity contribution in [3.8, 4) is 0 Å². The molecule has 9 heteroatoms. The highest BCUT2D eigenvalue weighted by Gasteiger charge is 2.38. The van der Waals surface area contributed by atoms with Gasteiger partial charge in [-0.25, -0.2) is 12.8 Å². The van der Waals surface area contributed by atoms with E-state index in [4.69, 9.17) is 0 Å². The summed E-state index contributed by atoms with van der Waals surface area (Å²) < 4.78 is 40.9. The maximum atomic E-state index is 13.8. The molecule has 1 aliphatic heterocycles. The summed E-state index contributed by atoms with van der Waals surface area (Å²) in [6.45, 7) is 5.56. The molecule has 2 amide bonds. The van der Waals surface area contributed by atoms with Crippen LogP contribution in [-0.2, 0) is 32.6 Å². The fourth-order valence-corrected chi connectivity index (χ4v) is 5.35. The molecule has 0 saturated heterocycles. The van der Waals surface area contributed by atoms with E-state index < -0.39 is 27.8 Å². The van der Waals surface area contributed by atoms with Crippen molar-refractivity contribution >= 4 is 27.5 Å². The van der Waals surface area contributed by atoms with Gasteiger partial charge in [0.2, 0.25) is 21.8 Å². The molecule has 0 aromatic heterocycles. The highest BCUT2D eigenvalue weighted by atomic mass is 32.2. The van der Waals surface area contributed by atoms with E-state index in [1.165, 1.54) is 34.3 Å². The van der Waals surface area contributed by atoms with Crippen LogP contribution < -0.4 is 10.2 Å². The predicted molar refractivity (Wildman–Crippen MR) is 115 cm³/mol. The SMILES string of the molecule is CCN(CC)S(=O)(=O)c1ccc2c(c1)CC(C(=O)NCc1ccccc1F)N2C(C)=O. The number of amides is 2. The third-order valence-electron chi connectivity index (χ3n) is 5.43. The first-order chi connectivity index (χ1) is 14.7. The largest absolute Gasteiger partial charge is 0.350 e. The minimum absolute atomic E-state index is 0.00825. The van der Waals surface area contributed by atoms with Crippen molar-refractivity contribution in [3.05, 3.63) is 59.4 Å². The lowest BCUT2D eigenvalue weighted by Crippen LogP contribution is -2.47. The first-order valence-corrected chi connectivity index (χ1v) is 11.6. The number of nitrogens with one attached hydrogen (secondary N) is 1. The highest BCUT2D eigenvalue weighted by molar-refractivity contribution is 7.89. The Morgan fingerprint density at radius 3 is 2.45 bits per heavy atom. The third kappa shape index (κ3) is 4.47. The Kier molecular flexibility index (Phi) is 6.76. The highest BCUT2D eigenvalue weighted by Crippen LogP contribution is 2.35. The van der Waals surface area contributed by atoms with Crippen LogP contribution in [0.2, 0.25) is 0 Å². The number of nitrogens with zero attached hydrogens (tertiary/aromatic N) is 2. The van der Waals surface area contributed by atoms with Crippen LogP contribution in [0, 0.1) is 5.82 Å². The van der Waals surface area contributed by atoms with Gasteiger partial charge >= 0.3 is 0 Å². The molecule has 2 aromatic rings. The normalized spacial score (nSPS) is 15.8. The smallest absolute Gasteiger partial charge is 0.243 e. The van der Waals surface area contributed by atoms with Gasteiger partial charge in [0.1, 0.15) is 11.9 Å². The second-order valence-electron chi connectivity index (χ2n) is 7.30. The molecule has 3 rings (SSSR count). The zero-order chi connectivity index (χ0) is 22.8. The molecule has 0 spiro atoms. The van der Waals surface area contributed by atoms with Gasteiger partial charge in [-0.15, -0.1) is 0 Å². The molecule has 1 unspecified atom stereocenters. The van der Waals surface area contributed by atoms with Crippen LogP contribution in [0.4, 0.5) is 10.1 Å². The van der Waals surface area contributed by atoms with Crippen molar-refractivity contribution < 1.29 is 22.4 Å². The van der Waals surface area contributed by atoms with Crippen molar-refractivity contribution in [1.29, 1.82) is 0 Å². The Balaban J connectivity index is 1.85.